The number of terminal acetylenes is 1. The van der Waals surface area contributed by atoms with E-state index < -0.39 is 0 Å². The third-order valence-corrected chi connectivity index (χ3v) is 5.50. The normalized spacial score (nSPS) is 11.7. The summed E-state index contributed by atoms with van der Waals surface area (Å²) in [5, 5.41) is 0. The predicted molar refractivity (Wildman–Crippen MR) is 127 cm³/mol. The molecule has 3 aromatic heterocycles. The Bertz CT molecular complexity index is 1510. The van der Waals surface area contributed by atoms with Crippen molar-refractivity contribution in [3.8, 4) is 24.2 Å². The van der Waals surface area contributed by atoms with Crippen LogP contribution in [0.4, 0.5) is 0 Å². The van der Waals surface area contributed by atoms with Crippen LogP contribution in [0.15, 0.2) is 24.3 Å². The molecule has 0 aromatic carbocycles. The second-order valence-corrected chi connectivity index (χ2v) is 7.36. The number of aryl methyl sites for hydroxylation is 2. The van der Waals surface area contributed by atoms with Crippen LogP contribution in [0, 0.1) is 38.0 Å². The van der Waals surface area contributed by atoms with Crippen LogP contribution < -0.4 is 9.97 Å². The van der Waals surface area contributed by atoms with Crippen LogP contribution in [0.1, 0.15) is 53.3 Å². The van der Waals surface area contributed by atoms with Crippen LogP contribution in [-0.2, 0) is 19.5 Å². The molecule has 0 saturated carbocycles. The first-order valence-corrected chi connectivity index (χ1v) is 9.93. The van der Waals surface area contributed by atoms with Crippen molar-refractivity contribution in [3.63, 3.8) is 0 Å². The molecule has 0 saturated heterocycles. The minimum atomic E-state index is 0. The van der Waals surface area contributed by atoms with Gasteiger partial charge < -0.3 is 9.97 Å². The van der Waals surface area contributed by atoms with Gasteiger partial charge in [-0.3, -0.25) is 0 Å². The molecule has 0 unspecified atom stereocenters. The molecular weight excluding hydrogens is 446 g/mol. The van der Waals surface area contributed by atoms with E-state index in [1.807, 2.05) is 69.3 Å². The second-order valence-electron chi connectivity index (χ2n) is 7.36. The van der Waals surface area contributed by atoms with Crippen LogP contribution in [0.3, 0.4) is 0 Å². The molecule has 2 aliphatic rings. The molecule has 32 heavy (non-hydrogen) atoms. The number of aromatic nitrogens is 4. The van der Waals surface area contributed by atoms with Gasteiger partial charge >= 0.3 is 19.5 Å². The molecule has 5 heteroatoms. The number of hydrogen-bond acceptors (Lipinski definition) is 2. The van der Waals surface area contributed by atoms with Gasteiger partial charge in [0.2, 0.25) is 0 Å². The number of nitrogens with zero attached hydrogens (tertiary/aromatic N) is 4. The van der Waals surface area contributed by atoms with Crippen molar-refractivity contribution in [2.75, 3.05) is 0 Å². The monoisotopic (exact) mass is 463 g/mol. The van der Waals surface area contributed by atoms with Crippen LogP contribution in [0.5, 0.6) is 0 Å². The second kappa shape index (κ2) is 8.47. The van der Waals surface area contributed by atoms with E-state index in [-0.39, 0.29) is 19.5 Å². The molecule has 5 rings (SSSR count). The SMILES string of the molecule is [2H]C#Cc1c2nc(c(C)c3ccc([n-]3)c(C#CC)c3nc(c(C)c4ccc1[n-]4)C=C3)C=C2.[Zn+2]. The molecule has 5 heterocycles. The summed E-state index contributed by atoms with van der Waals surface area (Å²) < 4.78 is 7.44. The summed E-state index contributed by atoms with van der Waals surface area (Å²) in [6, 6.07) is 7.81. The Balaban J connectivity index is 0.00000259. The Morgan fingerprint density at radius 3 is 1.75 bits per heavy atom. The summed E-state index contributed by atoms with van der Waals surface area (Å²) in [4.78, 5) is 19.2. The van der Waals surface area contributed by atoms with Crippen molar-refractivity contribution in [2.45, 2.75) is 20.8 Å². The van der Waals surface area contributed by atoms with Crippen molar-refractivity contribution in [2.24, 2.45) is 0 Å². The molecular formula is C27H18N4Zn. The van der Waals surface area contributed by atoms with Gasteiger partial charge in [-0.05, 0) is 56.2 Å². The van der Waals surface area contributed by atoms with Crippen molar-refractivity contribution < 1.29 is 20.8 Å². The Hall–Kier alpha value is -3.66. The van der Waals surface area contributed by atoms with E-state index in [0.29, 0.717) is 16.8 Å². The van der Waals surface area contributed by atoms with E-state index in [4.69, 9.17) is 21.3 Å². The van der Waals surface area contributed by atoms with Crippen molar-refractivity contribution in [1.82, 2.24) is 19.9 Å². The fourth-order valence-electron chi connectivity index (χ4n) is 3.75. The largest absolute Gasteiger partial charge is 2.00 e. The first-order valence-electron chi connectivity index (χ1n) is 10.4. The fourth-order valence-corrected chi connectivity index (χ4v) is 3.75. The third-order valence-electron chi connectivity index (χ3n) is 5.50. The van der Waals surface area contributed by atoms with Crippen LogP contribution in [0.2, 0.25) is 0 Å². The Labute approximate surface area is 201 Å². The van der Waals surface area contributed by atoms with Crippen molar-refractivity contribution in [3.05, 3.63) is 69.3 Å². The van der Waals surface area contributed by atoms with E-state index in [9.17, 15) is 0 Å². The standard InChI is InChI=1S/C27H18N4.Zn/c1-5-7-19-26-14-10-22(30-26)16(3)20-8-12-24(28-20)18(6-2)25-13-9-21(29-25)17(4)23-11-15-27(19)31-23;/h2,8-15H,1,3-4H3;/q-2;+2/i2D;. The zero-order chi connectivity index (χ0) is 22.2. The molecule has 0 fully saturated rings. The van der Waals surface area contributed by atoms with Crippen molar-refractivity contribution in [1.29, 1.82) is 0 Å². The molecule has 8 bridgehead atoms. The number of fused-ring (bicyclic) bond motifs is 8. The van der Waals surface area contributed by atoms with Gasteiger partial charge in [-0.25, -0.2) is 9.97 Å². The molecule has 0 radical (unpaired) electrons. The maximum absolute atomic E-state index is 7.44. The maximum Gasteiger partial charge on any atom is 2.00 e. The average molecular weight is 465 g/mol. The fraction of sp³-hybridized carbons (Fsp3) is 0.111. The Morgan fingerprint density at radius 2 is 1.22 bits per heavy atom. The smallest absolute Gasteiger partial charge is 0.657 e. The van der Waals surface area contributed by atoms with E-state index in [1.165, 1.54) is 0 Å². The molecule has 2 aliphatic heterocycles. The van der Waals surface area contributed by atoms with E-state index in [2.05, 4.69) is 24.2 Å². The van der Waals surface area contributed by atoms with Gasteiger partial charge in [-0.1, -0.05) is 36.1 Å². The average Bonchev–Trinajstić information content (AvgIpc) is 3.61. The zero-order valence-electron chi connectivity index (χ0n) is 19.1. The van der Waals surface area contributed by atoms with Gasteiger partial charge in [0.25, 0.3) is 0 Å². The van der Waals surface area contributed by atoms with Gasteiger partial charge in [-0.2, -0.15) is 0 Å². The maximum atomic E-state index is 7.44. The molecule has 0 amide bonds. The summed E-state index contributed by atoms with van der Waals surface area (Å²) in [6.07, 6.45) is 10.1. The first-order chi connectivity index (χ1) is 15.6. The first kappa shape index (κ1) is 20.3. The van der Waals surface area contributed by atoms with Gasteiger partial charge in [-0.15, -0.1) is 34.4 Å². The van der Waals surface area contributed by atoms with Crippen LogP contribution in [-0.4, -0.2) is 9.97 Å². The van der Waals surface area contributed by atoms with Crippen LogP contribution in [0.25, 0.3) is 46.4 Å². The summed E-state index contributed by atoms with van der Waals surface area (Å²) in [6.45, 7) is 5.81. The minimum absolute atomic E-state index is 0. The molecule has 0 N–H and O–H groups in total. The molecule has 0 aliphatic carbocycles. The van der Waals surface area contributed by atoms with Crippen molar-refractivity contribution >= 4 is 46.4 Å². The number of rotatable bonds is 0. The molecule has 4 nitrogen and oxygen atoms in total. The summed E-state index contributed by atoms with van der Waals surface area (Å²) in [5.41, 5.74) is 9.59. The zero-order valence-corrected chi connectivity index (χ0v) is 21.1. The van der Waals surface area contributed by atoms with Gasteiger partial charge in [0.05, 0.1) is 22.8 Å². The van der Waals surface area contributed by atoms with E-state index in [0.717, 1.165) is 50.3 Å². The van der Waals surface area contributed by atoms with Gasteiger partial charge in [0, 0.05) is 11.1 Å². The van der Waals surface area contributed by atoms with Crippen LogP contribution >= 0.6 is 0 Å². The summed E-state index contributed by atoms with van der Waals surface area (Å²) >= 11 is 0. The van der Waals surface area contributed by atoms with Gasteiger partial charge in [0.15, 0.2) is 0 Å². The third kappa shape index (κ3) is 3.52. The predicted octanol–water partition coefficient (Wildman–Crippen LogP) is 4.88. The molecule has 3 aromatic rings. The Kier molecular flexibility index (Phi) is 5.36. The minimum Gasteiger partial charge on any atom is -0.657 e. The Morgan fingerprint density at radius 1 is 0.750 bits per heavy atom. The quantitative estimate of drug-likeness (QED) is 0.242. The molecule has 0 spiro atoms. The summed E-state index contributed by atoms with van der Waals surface area (Å²) in [7, 11) is 0. The number of hydrogen-bond donors (Lipinski definition) is 0. The van der Waals surface area contributed by atoms with E-state index >= 15 is 0 Å². The molecule has 148 valence electrons. The van der Waals surface area contributed by atoms with Gasteiger partial charge in [0.1, 0.15) is 1.37 Å². The molecule has 0 atom stereocenters. The van der Waals surface area contributed by atoms with E-state index in [1.54, 1.807) is 0 Å². The summed E-state index contributed by atoms with van der Waals surface area (Å²) in [5.74, 6) is 9.04. The topological polar surface area (TPSA) is 54.0 Å².